The van der Waals surface area contributed by atoms with Gasteiger partial charge in [-0.1, -0.05) is 11.6 Å². The first-order chi connectivity index (χ1) is 7.18. The Morgan fingerprint density at radius 1 is 1.60 bits per heavy atom. The van der Waals surface area contributed by atoms with Crippen LogP contribution in [0.4, 0.5) is 5.82 Å². The fraction of sp³-hybridized carbons (Fsp3) is 0.444. The van der Waals surface area contributed by atoms with E-state index in [-0.39, 0.29) is 11.9 Å². The van der Waals surface area contributed by atoms with E-state index < -0.39 is 0 Å². The third kappa shape index (κ3) is 2.02. The van der Waals surface area contributed by atoms with Gasteiger partial charge in [0.25, 0.3) is 0 Å². The molecule has 0 radical (unpaired) electrons. The molecule has 0 spiro atoms. The van der Waals surface area contributed by atoms with Crippen molar-refractivity contribution in [3.63, 3.8) is 0 Å². The van der Waals surface area contributed by atoms with Crippen molar-refractivity contribution in [3.05, 3.63) is 17.5 Å². The molecule has 1 saturated heterocycles. The van der Waals surface area contributed by atoms with Gasteiger partial charge < -0.3 is 10.6 Å². The van der Waals surface area contributed by atoms with E-state index in [9.17, 15) is 4.79 Å². The van der Waals surface area contributed by atoms with Crippen LogP contribution in [0.1, 0.15) is 12.8 Å². The Kier molecular flexibility index (Phi) is 2.73. The Morgan fingerprint density at radius 3 is 3.07 bits per heavy atom. The van der Waals surface area contributed by atoms with E-state index in [4.69, 9.17) is 17.3 Å². The first kappa shape index (κ1) is 10.2. The van der Waals surface area contributed by atoms with Gasteiger partial charge >= 0.3 is 0 Å². The van der Waals surface area contributed by atoms with E-state index >= 15 is 0 Å². The lowest BCUT2D eigenvalue weighted by atomic mass is 10.2. The minimum Gasteiger partial charge on any atom is -0.368 e. The summed E-state index contributed by atoms with van der Waals surface area (Å²) in [6.07, 6.45) is 4.75. The highest BCUT2D eigenvalue weighted by Crippen LogP contribution is 2.23. The SMILES string of the molecule is NC(=O)C1CCCN1c1cncc(Cl)n1. The number of carbonyl (C=O) groups is 1. The standard InChI is InChI=1S/C9H11ClN4O/c10-7-4-12-5-8(13-7)14-3-1-2-6(14)9(11)15/h4-6H,1-3H2,(H2,11,15). The zero-order valence-corrected chi connectivity index (χ0v) is 8.81. The van der Waals surface area contributed by atoms with E-state index in [0.717, 1.165) is 19.4 Å². The molecule has 1 aliphatic rings. The van der Waals surface area contributed by atoms with Crippen LogP contribution in [0.5, 0.6) is 0 Å². The average molecular weight is 227 g/mol. The lowest BCUT2D eigenvalue weighted by Gasteiger charge is -2.22. The van der Waals surface area contributed by atoms with Crippen molar-refractivity contribution in [1.82, 2.24) is 9.97 Å². The molecule has 15 heavy (non-hydrogen) atoms. The van der Waals surface area contributed by atoms with Gasteiger partial charge in [-0.25, -0.2) is 4.98 Å². The predicted molar refractivity (Wildman–Crippen MR) is 56.6 cm³/mol. The summed E-state index contributed by atoms with van der Waals surface area (Å²) < 4.78 is 0. The highest BCUT2D eigenvalue weighted by Gasteiger charge is 2.30. The lowest BCUT2D eigenvalue weighted by molar-refractivity contribution is -0.119. The smallest absolute Gasteiger partial charge is 0.240 e. The summed E-state index contributed by atoms with van der Waals surface area (Å²) >= 11 is 5.73. The molecule has 1 fully saturated rings. The molecule has 2 heterocycles. The molecule has 1 aromatic rings. The van der Waals surface area contributed by atoms with Gasteiger partial charge in [-0.15, -0.1) is 0 Å². The van der Waals surface area contributed by atoms with Crippen LogP contribution in [0.3, 0.4) is 0 Å². The lowest BCUT2D eigenvalue weighted by Crippen LogP contribution is -2.40. The number of amides is 1. The molecule has 0 aliphatic carbocycles. The molecule has 5 nitrogen and oxygen atoms in total. The van der Waals surface area contributed by atoms with Gasteiger partial charge in [-0.2, -0.15) is 0 Å². The van der Waals surface area contributed by atoms with E-state index in [2.05, 4.69) is 9.97 Å². The maximum Gasteiger partial charge on any atom is 0.240 e. The summed E-state index contributed by atoms with van der Waals surface area (Å²) in [5, 5.41) is 0.322. The summed E-state index contributed by atoms with van der Waals surface area (Å²) in [5.41, 5.74) is 5.30. The van der Waals surface area contributed by atoms with E-state index in [1.807, 2.05) is 4.90 Å². The molecule has 1 unspecified atom stereocenters. The summed E-state index contributed by atoms with van der Waals surface area (Å²) in [7, 11) is 0. The second-order valence-electron chi connectivity index (χ2n) is 3.45. The Balaban J connectivity index is 2.26. The molecule has 1 amide bonds. The molecule has 2 N–H and O–H groups in total. The number of nitrogens with zero attached hydrogens (tertiary/aromatic N) is 3. The molecule has 80 valence electrons. The number of primary amides is 1. The van der Waals surface area contributed by atoms with Crippen molar-refractivity contribution >= 4 is 23.3 Å². The van der Waals surface area contributed by atoms with Gasteiger partial charge in [-0.3, -0.25) is 9.78 Å². The van der Waals surface area contributed by atoms with E-state index in [1.54, 1.807) is 6.20 Å². The normalized spacial score (nSPS) is 20.6. The van der Waals surface area contributed by atoms with Crippen LogP contribution in [0.25, 0.3) is 0 Å². The fourth-order valence-corrected chi connectivity index (χ4v) is 1.95. The Morgan fingerprint density at radius 2 is 2.40 bits per heavy atom. The minimum atomic E-state index is -0.325. The van der Waals surface area contributed by atoms with Crippen LogP contribution in [0, 0.1) is 0 Å². The Bertz CT molecular complexity index is 384. The van der Waals surface area contributed by atoms with Crippen molar-refractivity contribution in [2.45, 2.75) is 18.9 Å². The Hall–Kier alpha value is -1.36. The number of hydrogen-bond donors (Lipinski definition) is 1. The number of anilines is 1. The van der Waals surface area contributed by atoms with Gasteiger partial charge in [0.05, 0.1) is 12.4 Å². The van der Waals surface area contributed by atoms with Gasteiger partial charge in [-0.05, 0) is 12.8 Å². The number of halogens is 1. The van der Waals surface area contributed by atoms with Crippen molar-refractivity contribution in [3.8, 4) is 0 Å². The summed E-state index contributed by atoms with van der Waals surface area (Å²) in [5.74, 6) is 0.290. The molecule has 1 aromatic heterocycles. The fourth-order valence-electron chi connectivity index (χ4n) is 1.81. The number of rotatable bonds is 2. The van der Waals surface area contributed by atoms with Crippen LogP contribution >= 0.6 is 11.6 Å². The van der Waals surface area contributed by atoms with Crippen molar-refractivity contribution in [2.75, 3.05) is 11.4 Å². The van der Waals surface area contributed by atoms with E-state index in [0.29, 0.717) is 11.0 Å². The van der Waals surface area contributed by atoms with Crippen molar-refractivity contribution in [2.24, 2.45) is 5.73 Å². The number of nitrogens with two attached hydrogens (primary N) is 1. The van der Waals surface area contributed by atoms with Crippen LogP contribution < -0.4 is 10.6 Å². The first-order valence-electron chi connectivity index (χ1n) is 4.72. The zero-order chi connectivity index (χ0) is 10.8. The summed E-state index contributed by atoms with van der Waals surface area (Å²) in [4.78, 5) is 21.1. The molecular weight excluding hydrogens is 216 g/mol. The molecular formula is C9H11ClN4O. The number of carbonyl (C=O) groups excluding carboxylic acids is 1. The molecule has 0 saturated carbocycles. The monoisotopic (exact) mass is 226 g/mol. The van der Waals surface area contributed by atoms with Gasteiger partial charge in [0.1, 0.15) is 17.0 Å². The quantitative estimate of drug-likeness (QED) is 0.801. The van der Waals surface area contributed by atoms with Crippen LogP contribution in [-0.4, -0.2) is 28.5 Å². The second-order valence-corrected chi connectivity index (χ2v) is 3.84. The van der Waals surface area contributed by atoms with Crippen molar-refractivity contribution < 1.29 is 4.79 Å². The van der Waals surface area contributed by atoms with Gasteiger partial charge in [0.15, 0.2) is 0 Å². The van der Waals surface area contributed by atoms with Gasteiger partial charge in [0, 0.05) is 6.54 Å². The third-order valence-corrected chi connectivity index (χ3v) is 2.65. The van der Waals surface area contributed by atoms with Crippen LogP contribution in [0.15, 0.2) is 12.4 Å². The van der Waals surface area contributed by atoms with Crippen molar-refractivity contribution in [1.29, 1.82) is 0 Å². The average Bonchev–Trinajstić information content (AvgIpc) is 2.65. The highest BCUT2D eigenvalue weighted by atomic mass is 35.5. The molecule has 0 aromatic carbocycles. The van der Waals surface area contributed by atoms with Gasteiger partial charge in [0.2, 0.25) is 5.91 Å². The van der Waals surface area contributed by atoms with E-state index in [1.165, 1.54) is 6.20 Å². The Labute approximate surface area is 92.3 Å². The molecule has 1 aliphatic heterocycles. The largest absolute Gasteiger partial charge is 0.368 e. The second kappa shape index (κ2) is 4.02. The van der Waals surface area contributed by atoms with Crippen LogP contribution in [0.2, 0.25) is 5.15 Å². The third-order valence-electron chi connectivity index (χ3n) is 2.47. The molecule has 6 heteroatoms. The molecule has 1 atom stereocenters. The first-order valence-corrected chi connectivity index (χ1v) is 5.10. The maximum atomic E-state index is 11.2. The minimum absolute atomic E-state index is 0.280. The van der Waals surface area contributed by atoms with Crippen LogP contribution in [-0.2, 0) is 4.79 Å². The topological polar surface area (TPSA) is 72.1 Å². The predicted octanol–water partition coefficient (Wildman–Crippen LogP) is 0.584. The summed E-state index contributed by atoms with van der Waals surface area (Å²) in [6, 6.07) is -0.280. The molecule has 0 bridgehead atoms. The maximum absolute atomic E-state index is 11.2. The molecule has 2 rings (SSSR count). The number of aromatic nitrogens is 2. The summed E-state index contributed by atoms with van der Waals surface area (Å²) in [6.45, 7) is 0.766. The number of hydrogen-bond acceptors (Lipinski definition) is 4. The zero-order valence-electron chi connectivity index (χ0n) is 8.06. The highest BCUT2D eigenvalue weighted by molar-refractivity contribution is 6.29.